The quantitative estimate of drug-likeness (QED) is 0.609. The lowest BCUT2D eigenvalue weighted by atomic mass is 9.93. The summed E-state index contributed by atoms with van der Waals surface area (Å²) in [6.07, 6.45) is 1.02. The Morgan fingerprint density at radius 3 is 2.36 bits per heavy atom. The molecule has 0 saturated carbocycles. The Morgan fingerprint density at radius 2 is 1.75 bits per heavy atom. The van der Waals surface area contributed by atoms with Crippen molar-refractivity contribution in [2.45, 2.75) is 25.3 Å². The molecule has 9 heteroatoms. The number of nitrogens with zero attached hydrogens (tertiary/aromatic N) is 3. The summed E-state index contributed by atoms with van der Waals surface area (Å²) in [5.41, 5.74) is 2.30. The molecule has 2 rings (SSSR count). The Labute approximate surface area is 164 Å². The molecule has 0 bridgehead atoms. The molecule has 1 saturated heterocycles. The zero-order valence-electron chi connectivity index (χ0n) is 16.7. The number of likely N-dealkylation sites (N-methyl/N-ethyl adjacent to an activating group) is 2. The normalized spacial score (nSPS) is 19.0. The zero-order valence-corrected chi connectivity index (χ0v) is 16.7. The SMILES string of the molecule is CN(CC(=O)NN1C(=O)N[C@@](C)(CCc2ccccc2)C1=O)CC(=O)N(C)C. The molecule has 2 N–H and O–H groups in total. The molecular weight excluding hydrogens is 362 g/mol. The predicted molar refractivity (Wildman–Crippen MR) is 103 cm³/mol. The summed E-state index contributed by atoms with van der Waals surface area (Å²) in [7, 11) is 4.86. The van der Waals surface area contributed by atoms with Crippen molar-refractivity contribution in [2.24, 2.45) is 0 Å². The number of carbonyl (C=O) groups is 4. The number of rotatable bonds is 8. The van der Waals surface area contributed by atoms with Gasteiger partial charge in [0.1, 0.15) is 5.54 Å². The van der Waals surface area contributed by atoms with Gasteiger partial charge in [-0.15, -0.1) is 0 Å². The van der Waals surface area contributed by atoms with E-state index in [0.717, 1.165) is 10.6 Å². The minimum atomic E-state index is -1.09. The van der Waals surface area contributed by atoms with Gasteiger partial charge in [0, 0.05) is 14.1 Å². The fourth-order valence-corrected chi connectivity index (χ4v) is 2.83. The molecule has 1 fully saturated rings. The van der Waals surface area contributed by atoms with Gasteiger partial charge in [0.05, 0.1) is 13.1 Å². The van der Waals surface area contributed by atoms with Crippen LogP contribution in [-0.2, 0) is 20.8 Å². The van der Waals surface area contributed by atoms with Crippen LogP contribution in [0.15, 0.2) is 30.3 Å². The van der Waals surface area contributed by atoms with E-state index in [2.05, 4.69) is 10.7 Å². The van der Waals surface area contributed by atoms with Gasteiger partial charge in [-0.05, 0) is 32.4 Å². The molecule has 0 aromatic heterocycles. The topological polar surface area (TPSA) is 102 Å². The summed E-state index contributed by atoms with van der Waals surface area (Å²) in [5.74, 6) is -1.21. The molecule has 0 radical (unpaired) electrons. The highest BCUT2D eigenvalue weighted by molar-refractivity contribution is 6.07. The van der Waals surface area contributed by atoms with Crippen LogP contribution in [0.3, 0.4) is 0 Å². The number of aryl methyl sites for hydroxylation is 1. The van der Waals surface area contributed by atoms with Gasteiger partial charge in [0.15, 0.2) is 0 Å². The first-order valence-corrected chi connectivity index (χ1v) is 9.01. The molecule has 9 nitrogen and oxygen atoms in total. The van der Waals surface area contributed by atoms with E-state index in [1.165, 1.54) is 9.80 Å². The first kappa shape index (κ1) is 21.4. The third-order valence-corrected chi connectivity index (χ3v) is 4.57. The number of hydrogen-bond acceptors (Lipinski definition) is 5. The standard InChI is InChI=1S/C19H27N5O4/c1-19(11-10-14-8-6-5-7-9-14)17(27)24(18(28)20-19)21-15(25)12-23(4)13-16(26)22(2)3/h5-9H,10-13H2,1-4H3,(H,20,28)(H,21,25)/t19-/m0/s1. The van der Waals surface area contributed by atoms with Gasteiger partial charge in [-0.25, -0.2) is 4.79 Å². The zero-order chi connectivity index (χ0) is 20.9. The predicted octanol–water partition coefficient (Wildman–Crippen LogP) is -0.0191. The molecular formula is C19H27N5O4. The van der Waals surface area contributed by atoms with Crippen molar-refractivity contribution >= 4 is 23.8 Å². The molecule has 1 aromatic rings. The fraction of sp³-hybridized carbons (Fsp3) is 0.474. The van der Waals surface area contributed by atoms with Crippen LogP contribution in [0.2, 0.25) is 0 Å². The van der Waals surface area contributed by atoms with Crippen LogP contribution in [0.5, 0.6) is 0 Å². The first-order chi connectivity index (χ1) is 13.1. The number of carbonyl (C=O) groups excluding carboxylic acids is 4. The maximum atomic E-state index is 12.7. The third kappa shape index (κ3) is 5.29. The summed E-state index contributed by atoms with van der Waals surface area (Å²) >= 11 is 0. The van der Waals surface area contributed by atoms with E-state index < -0.39 is 23.4 Å². The largest absolute Gasteiger partial charge is 0.348 e. The number of amides is 5. The van der Waals surface area contributed by atoms with Crippen LogP contribution in [0.4, 0.5) is 4.79 Å². The van der Waals surface area contributed by atoms with Crippen molar-refractivity contribution in [3.8, 4) is 0 Å². The molecule has 0 unspecified atom stereocenters. The number of hydrazine groups is 1. The molecule has 1 heterocycles. The van der Waals surface area contributed by atoms with Crippen molar-refractivity contribution in [1.82, 2.24) is 25.6 Å². The molecule has 152 valence electrons. The van der Waals surface area contributed by atoms with E-state index in [4.69, 9.17) is 0 Å². The molecule has 5 amide bonds. The summed E-state index contributed by atoms with van der Waals surface area (Å²) in [6, 6.07) is 8.98. The second kappa shape index (κ2) is 8.83. The van der Waals surface area contributed by atoms with Crippen LogP contribution in [0.25, 0.3) is 0 Å². The second-order valence-corrected chi connectivity index (χ2v) is 7.38. The van der Waals surface area contributed by atoms with Gasteiger partial charge in [0.2, 0.25) is 5.91 Å². The first-order valence-electron chi connectivity index (χ1n) is 9.01. The van der Waals surface area contributed by atoms with Crippen molar-refractivity contribution in [2.75, 3.05) is 34.2 Å². The minimum absolute atomic E-state index is 0.0509. The van der Waals surface area contributed by atoms with E-state index in [9.17, 15) is 19.2 Å². The molecule has 1 atom stereocenters. The molecule has 1 aromatic carbocycles. The van der Waals surface area contributed by atoms with Crippen molar-refractivity contribution < 1.29 is 19.2 Å². The van der Waals surface area contributed by atoms with Crippen molar-refractivity contribution in [1.29, 1.82) is 0 Å². The van der Waals surface area contributed by atoms with Gasteiger partial charge in [-0.2, -0.15) is 5.01 Å². The molecule has 0 spiro atoms. The van der Waals surface area contributed by atoms with E-state index >= 15 is 0 Å². The van der Waals surface area contributed by atoms with Crippen molar-refractivity contribution in [3.05, 3.63) is 35.9 Å². The van der Waals surface area contributed by atoms with E-state index in [1.807, 2.05) is 30.3 Å². The van der Waals surface area contributed by atoms with E-state index in [1.54, 1.807) is 28.1 Å². The van der Waals surface area contributed by atoms with Gasteiger partial charge >= 0.3 is 6.03 Å². The fourth-order valence-electron chi connectivity index (χ4n) is 2.83. The molecule has 1 aliphatic rings. The Kier molecular flexibility index (Phi) is 6.74. The summed E-state index contributed by atoms with van der Waals surface area (Å²) in [6.45, 7) is 1.57. The lowest BCUT2D eigenvalue weighted by Crippen LogP contribution is -2.51. The van der Waals surface area contributed by atoms with Gasteiger partial charge < -0.3 is 10.2 Å². The van der Waals surface area contributed by atoms with Crippen LogP contribution in [-0.4, -0.2) is 78.3 Å². The Bertz CT molecular complexity index is 752. The Balaban J connectivity index is 1.91. The van der Waals surface area contributed by atoms with Gasteiger partial charge in [-0.3, -0.25) is 24.7 Å². The summed E-state index contributed by atoms with van der Waals surface area (Å²) in [4.78, 5) is 51.7. The lowest BCUT2D eigenvalue weighted by molar-refractivity contribution is -0.139. The summed E-state index contributed by atoms with van der Waals surface area (Å²) in [5, 5.41) is 3.37. The smallest absolute Gasteiger partial charge is 0.344 e. The summed E-state index contributed by atoms with van der Waals surface area (Å²) < 4.78 is 0. The van der Waals surface area contributed by atoms with Gasteiger partial charge in [-0.1, -0.05) is 30.3 Å². The minimum Gasteiger partial charge on any atom is -0.348 e. The van der Waals surface area contributed by atoms with Crippen LogP contribution in [0, 0.1) is 0 Å². The maximum Gasteiger partial charge on any atom is 0.344 e. The van der Waals surface area contributed by atoms with Crippen LogP contribution < -0.4 is 10.7 Å². The Hall–Kier alpha value is -2.94. The van der Waals surface area contributed by atoms with Crippen molar-refractivity contribution in [3.63, 3.8) is 0 Å². The van der Waals surface area contributed by atoms with E-state index in [-0.39, 0.29) is 19.0 Å². The highest BCUT2D eigenvalue weighted by Crippen LogP contribution is 2.22. The Morgan fingerprint density at radius 1 is 1.11 bits per heavy atom. The molecule has 0 aliphatic carbocycles. The van der Waals surface area contributed by atoms with Crippen LogP contribution >= 0.6 is 0 Å². The lowest BCUT2D eigenvalue weighted by Gasteiger charge is -2.22. The highest BCUT2D eigenvalue weighted by Gasteiger charge is 2.48. The maximum absolute atomic E-state index is 12.7. The average molecular weight is 389 g/mol. The number of urea groups is 1. The number of imide groups is 1. The van der Waals surface area contributed by atoms with Gasteiger partial charge in [0.25, 0.3) is 11.8 Å². The second-order valence-electron chi connectivity index (χ2n) is 7.38. The average Bonchev–Trinajstić information content (AvgIpc) is 2.84. The van der Waals surface area contributed by atoms with Crippen LogP contribution in [0.1, 0.15) is 18.9 Å². The highest BCUT2D eigenvalue weighted by atomic mass is 16.2. The third-order valence-electron chi connectivity index (χ3n) is 4.57. The van der Waals surface area contributed by atoms with E-state index in [0.29, 0.717) is 12.8 Å². The molecule has 1 aliphatic heterocycles. The number of benzene rings is 1. The molecule has 28 heavy (non-hydrogen) atoms. The number of nitrogens with one attached hydrogen (secondary N) is 2. The monoisotopic (exact) mass is 389 g/mol. The number of hydrogen-bond donors (Lipinski definition) is 2.